The lowest BCUT2D eigenvalue weighted by atomic mass is 10.1. The van der Waals surface area contributed by atoms with E-state index < -0.39 is 4.92 Å². The third-order valence-electron chi connectivity index (χ3n) is 5.06. The number of hydrogen-bond acceptors (Lipinski definition) is 7. The van der Waals surface area contributed by atoms with Gasteiger partial charge >= 0.3 is 0 Å². The van der Waals surface area contributed by atoms with E-state index in [1.54, 1.807) is 48.8 Å². The Balaban J connectivity index is 1.61. The Morgan fingerprint density at radius 2 is 2.06 bits per heavy atom. The van der Waals surface area contributed by atoms with Crippen LogP contribution in [0.5, 0.6) is 5.75 Å². The second-order valence-electron chi connectivity index (χ2n) is 7.22. The fourth-order valence-electron chi connectivity index (χ4n) is 3.38. The van der Waals surface area contributed by atoms with Crippen molar-refractivity contribution in [1.82, 2.24) is 14.5 Å². The van der Waals surface area contributed by atoms with Gasteiger partial charge in [0.05, 0.1) is 34.5 Å². The predicted molar refractivity (Wildman–Crippen MR) is 127 cm³/mol. The molecule has 0 saturated heterocycles. The van der Waals surface area contributed by atoms with Crippen molar-refractivity contribution in [2.24, 2.45) is 0 Å². The molecule has 9 nitrogen and oxygen atoms in total. The van der Waals surface area contributed by atoms with Crippen LogP contribution in [0.1, 0.15) is 12.0 Å². The molecule has 2 aromatic carbocycles. The number of hydrogen-bond donors (Lipinski definition) is 0. The number of nitro groups is 1. The molecule has 0 bridgehead atoms. The maximum Gasteiger partial charge on any atom is 0.269 e. The van der Waals surface area contributed by atoms with Gasteiger partial charge in [0.25, 0.3) is 5.69 Å². The minimum absolute atomic E-state index is 0.0173. The minimum Gasteiger partial charge on any atom is -0.494 e. The number of nitro benzene ring substituents is 1. The first-order valence-corrected chi connectivity index (χ1v) is 11.3. The molecule has 0 N–H and O–H groups in total. The van der Waals surface area contributed by atoms with Crippen molar-refractivity contribution in [2.75, 3.05) is 18.6 Å². The van der Waals surface area contributed by atoms with Crippen LogP contribution in [0, 0.1) is 10.1 Å². The summed E-state index contributed by atoms with van der Waals surface area (Å²) < 4.78 is 8.09. The van der Waals surface area contributed by atoms with E-state index in [9.17, 15) is 14.9 Å². The first-order valence-electron chi connectivity index (χ1n) is 10.1. The van der Waals surface area contributed by atoms with E-state index in [2.05, 4.69) is 9.97 Å². The molecule has 1 amide bonds. The van der Waals surface area contributed by atoms with Crippen molar-refractivity contribution in [2.45, 2.75) is 19.4 Å². The normalized spacial score (nSPS) is 11.0. The lowest BCUT2D eigenvalue weighted by Gasteiger charge is -2.20. The van der Waals surface area contributed by atoms with Gasteiger partial charge in [-0.05, 0) is 24.1 Å². The largest absolute Gasteiger partial charge is 0.494 e. The molecule has 11 heteroatoms. The molecule has 33 heavy (non-hydrogen) atoms. The number of imidazole rings is 1. The summed E-state index contributed by atoms with van der Waals surface area (Å²) in [4.78, 5) is 34.1. The summed E-state index contributed by atoms with van der Waals surface area (Å²) in [5.74, 6) is 0.418. The molecule has 4 aromatic rings. The fraction of sp³-hybridized carbons (Fsp3) is 0.227. The zero-order valence-electron chi connectivity index (χ0n) is 17.7. The molecular weight excluding hydrogens is 466 g/mol. The standard InChI is InChI=1S/C22H20ClN5O4S/c1-32-18-8-7-17(23)21-20(18)25-22(33-21)27(11-2-10-26-12-9-24-14-26)19(29)13-15-3-5-16(6-4-15)28(30)31/h3-9,12,14H,2,10-11,13H2,1H3. The lowest BCUT2D eigenvalue weighted by Crippen LogP contribution is -2.33. The van der Waals surface area contributed by atoms with Crippen molar-refractivity contribution in [3.05, 3.63) is 75.8 Å². The van der Waals surface area contributed by atoms with Crippen molar-refractivity contribution in [3.63, 3.8) is 0 Å². The van der Waals surface area contributed by atoms with E-state index in [0.29, 0.717) is 46.5 Å². The first-order chi connectivity index (χ1) is 16.0. The number of fused-ring (bicyclic) bond motifs is 1. The summed E-state index contributed by atoms with van der Waals surface area (Å²) in [6, 6.07) is 9.47. The van der Waals surface area contributed by atoms with Crippen LogP contribution in [0.3, 0.4) is 0 Å². The maximum absolute atomic E-state index is 13.3. The summed E-state index contributed by atoms with van der Waals surface area (Å²) in [7, 11) is 1.56. The number of anilines is 1. The second-order valence-corrected chi connectivity index (χ2v) is 8.61. The Morgan fingerprint density at radius 3 is 2.73 bits per heavy atom. The SMILES string of the molecule is COc1ccc(Cl)c2sc(N(CCCn3ccnc3)C(=O)Cc3ccc([N+](=O)[O-])cc3)nc12. The number of ether oxygens (including phenoxy) is 1. The molecule has 0 spiro atoms. The lowest BCUT2D eigenvalue weighted by molar-refractivity contribution is -0.384. The van der Waals surface area contributed by atoms with E-state index in [0.717, 1.165) is 4.70 Å². The molecule has 4 rings (SSSR count). The fourth-order valence-corrected chi connectivity index (χ4v) is 4.68. The number of non-ortho nitro benzene ring substituents is 1. The Bertz CT molecular complexity index is 1270. The Labute approximate surface area is 198 Å². The molecule has 0 fully saturated rings. The Kier molecular flexibility index (Phi) is 6.85. The molecule has 0 aliphatic carbocycles. The highest BCUT2D eigenvalue weighted by molar-refractivity contribution is 7.23. The highest BCUT2D eigenvalue weighted by Gasteiger charge is 2.22. The van der Waals surface area contributed by atoms with Gasteiger partial charge < -0.3 is 9.30 Å². The van der Waals surface area contributed by atoms with Crippen LogP contribution in [0.15, 0.2) is 55.1 Å². The highest BCUT2D eigenvalue weighted by Crippen LogP contribution is 2.39. The summed E-state index contributed by atoms with van der Waals surface area (Å²) >= 11 is 7.70. The second kappa shape index (κ2) is 9.97. The highest BCUT2D eigenvalue weighted by atomic mass is 35.5. The van der Waals surface area contributed by atoms with E-state index in [4.69, 9.17) is 16.3 Å². The van der Waals surface area contributed by atoms with Gasteiger partial charge in [-0.25, -0.2) is 9.97 Å². The van der Waals surface area contributed by atoms with E-state index in [1.807, 2.05) is 10.8 Å². The van der Waals surface area contributed by atoms with Gasteiger partial charge in [0.2, 0.25) is 5.91 Å². The van der Waals surface area contributed by atoms with E-state index >= 15 is 0 Å². The van der Waals surface area contributed by atoms with Gasteiger partial charge in [0.1, 0.15) is 11.3 Å². The summed E-state index contributed by atoms with van der Waals surface area (Å²) in [5, 5.41) is 12.0. The molecule has 2 aromatic heterocycles. The van der Waals surface area contributed by atoms with Gasteiger partial charge in [-0.1, -0.05) is 35.1 Å². The van der Waals surface area contributed by atoms with Crippen molar-refractivity contribution < 1.29 is 14.5 Å². The molecular formula is C22H20ClN5O4S. The third kappa shape index (κ3) is 5.12. The van der Waals surface area contributed by atoms with Gasteiger partial charge in [-0.15, -0.1) is 0 Å². The van der Waals surface area contributed by atoms with Crippen LogP contribution >= 0.6 is 22.9 Å². The molecule has 170 valence electrons. The monoisotopic (exact) mass is 485 g/mol. The maximum atomic E-state index is 13.3. The molecule has 2 heterocycles. The molecule has 0 radical (unpaired) electrons. The summed E-state index contributed by atoms with van der Waals surface area (Å²) in [6.45, 7) is 1.13. The van der Waals surface area contributed by atoms with Gasteiger partial charge in [-0.2, -0.15) is 0 Å². The van der Waals surface area contributed by atoms with Crippen LogP contribution in [0.2, 0.25) is 5.02 Å². The third-order valence-corrected chi connectivity index (χ3v) is 6.60. The van der Waals surface area contributed by atoms with Crippen molar-refractivity contribution in [1.29, 1.82) is 0 Å². The molecule has 0 unspecified atom stereocenters. The van der Waals surface area contributed by atoms with Gasteiger partial charge in [-0.3, -0.25) is 19.8 Å². The zero-order valence-corrected chi connectivity index (χ0v) is 19.3. The van der Waals surface area contributed by atoms with Crippen LogP contribution in [0.4, 0.5) is 10.8 Å². The van der Waals surface area contributed by atoms with Crippen LogP contribution in [0.25, 0.3) is 10.2 Å². The first kappa shape index (κ1) is 22.7. The number of methoxy groups -OCH3 is 1. The number of halogens is 1. The number of amides is 1. The number of nitrogens with zero attached hydrogens (tertiary/aromatic N) is 5. The molecule has 0 aliphatic heterocycles. The summed E-state index contributed by atoms with van der Waals surface area (Å²) in [6.07, 6.45) is 6.07. The number of carbonyl (C=O) groups excluding carboxylic acids is 1. The van der Waals surface area contributed by atoms with Gasteiger partial charge in [0, 0.05) is 37.6 Å². The number of aryl methyl sites for hydroxylation is 1. The number of carbonyl (C=O) groups is 1. The van der Waals surface area contributed by atoms with Crippen LogP contribution in [-0.2, 0) is 17.8 Å². The molecule has 0 saturated carbocycles. The van der Waals surface area contributed by atoms with Crippen molar-refractivity contribution in [3.8, 4) is 5.75 Å². The van der Waals surface area contributed by atoms with Crippen LogP contribution < -0.4 is 9.64 Å². The number of thiazole rings is 1. The average Bonchev–Trinajstić information content (AvgIpc) is 3.48. The van der Waals surface area contributed by atoms with Gasteiger partial charge in [0.15, 0.2) is 5.13 Å². The number of aromatic nitrogens is 3. The Morgan fingerprint density at radius 1 is 1.27 bits per heavy atom. The van der Waals surface area contributed by atoms with E-state index in [1.165, 1.54) is 23.5 Å². The smallest absolute Gasteiger partial charge is 0.269 e. The minimum atomic E-state index is -0.466. The molecule has 0 atom stereocenters. The van der Waals surface area contributed by atoms with E-state index in [-0.39, 0.29) is 18.0 Å². The average molecular weight is 486 g/mol. The molecule has 0 aliphatic rings. The topological polar surface area (TPSA) is 103 Å². The van der Waals surface area contributed by atoms with Crippen LogP contribution in [-0.4, -0.2) is 39.0 Å². The summed E-state index contributed by atoms with van der Waals surface area (Å²) in [5.41, 5.74) is 1.27. The van der Waals surface area contributed by atoms with Crippen molar-refractivity contribution >= 4 is 49.9 Å². The number of benzene rings is 2. The predicted octanol–water partition coefficient (Wildman–Crippen LogP) is 4.73. The number of rotatable bonds is 9. The quantitative estimate of drug-likeness (QED) is 0.251. The zero-order chi connectivity index (χ0) is 23.4. The Hall–Kier alpha value is -3.50.